The average Bonchev–Trinajstić information content (AvgIpc) is 2.46. The third-order valence-electron chi connectivity index (χ3n) is 4.34. The third kappa shape index (κ3) is 4.26. The molecule has 1 aliphatic rings. The summed E-state index contributed by atoms with van der Waals surface area (Å²) in [4.78, 5) is 1.50. The zero-order chi connectivity index (χ0) is 14.4. The van der Waals surface area contributed by atoms with Crippen LogP contribution in [0.3, 0.4) is 0 Å². The van der Waals surface area contributed by atoms with Crippen molar-refractivity contribution in [2.75, 3.05) is 6.54 Å². The number of thioether (sulfide) groups is 1. The van der Waals surface area contributed by atoms with Gasteiger partial charge in [0, 0.05) is 16.2 Å². The Kier molecular flexibility index (Phi) is 6.44. The minimum absolute atomic E-state index is 0.504. The Morgan fingerprint density at radius 3 is 2.75 bits per heavy atom. The Hall–Kier alpha value is -0.470. The van der Waals surface area contributed by atoms with E-state index in [4.69, 9.17) is 0 Å². The summed E-state index contributed by atoms with van der Waals surface area (Å²) in [6, 6.07) is 9.51. The van der Waals surface area contributed by atoms with E-state index < -0.39 is 0 Å². The van der Waals surface area contributed by atoms with Crippen LogP contribution in [0, 0.1) is 5.92 Å². The normalized spacial score (nSPS) is 24.6. The molecule has 2 rings (SSSR count). The molecule has 20 heavy (non-hydrogen) atoms. The van der Waals surface area contributed by atoms with Gasteiger partial charge in [0.25, 0.3) is 0 Å². The molecule has 1 aromatic carbocycles. The van der Waals surface area contributed by atoms with Crippen LogP contribution in [0.25, 0.3) is 0 Å². The van der Waals surface area contributed by atoms with Crippen LogP contribution >= 0.6 is 11.8 Å². The number of nitrogens with one attached hydrogen (secondary N) is 1. The van der Waals surface area contributed by atoms with Crippen molar-refractivity contribution in [3.63, 3.8) is 0 Å². The van der Waals surface area contributed by atoms with E-state index in [-0.39, 0.29) is 0 Å². The van der Waals surface area contributed by atoms with Crippen molar-refractivity contribution in [1.82, 2.24) is 5.32 Å². The first-order valence-electron chi connectivity index (χ1n) is 8.23. The van der Waals surface area contributed by atoms with Crippen molar-refractivity contribution in [2.45, 2.75) is 69.1 Å². The molecule has 1 N–H and O–H groups in total. The number of rotatable bonds is 6. The molecular weight excluding hydrogens is 262 g/mol. The third-order valence-corrected chi connectivity index (χ3v) is 5.72. The van der Waals surface area contributed by atoms with E-state index in [1.165, 1.54) is 36.1 Å². The molecule has 0 aromatic heterocycles. The summed E-state index contributed by atoms with van der Waals surface area (Å²) in [6.07, 6.45) is 6.77. The van der Waals surface area contributed by atoms with Crippen LogP contribution in [0.1, 0.15) is 64.5 Å². The average molecular weight is 292 g/mol. The molecule has 0 saturated heterocycles. The van der Waals surface area contributed by atoms with E-state index >= 15 is 0 Å². The van der Waals surface area contributed by atoms with Crippen molar-refractivity contribution in [2.24, 2.45) is 5.92 Å². The Labute approximate surface area is 128 Å². The van der Waals surface area contributed by atoms with Crippen LogP contribution < -0.4 is 5.32 Å². The first-order valence-corrected chi connectivity index (χ1v) is 9.11. The molecule has 0 amide bonds. The molecule has 1 aliphatic carbocycles. The van der Waals surface area contributed by atoms with Gasteiger partial charge < -0.3 is 5.32 Å². The van der Waals surface area contributed by atoms with Gasteiger partial charge in [-0.05, 0) is 43.4 Å². The van der Waals surface area contributed by atoms with Gasteiger partial charge in [-0.1, -0.05) is 51.8 Å². The Morgan fingerprint density at radius 2 is 2.05 bits per heavy atom. The van der Waals surface area contributed by atoms with Gasteiger partial charge in [0.1, 0.15) is 0 Å². The summed E-state index contributed by atoms with van der Waals surface area (Å²) in [5.41, 5.74) is 1.50. The molecule has 3 unspecified atom stereocenters. The van der Waals surface area contributed by atoms with Gasteiger partial charge in [-0.15, -0.1) is 11.8 Å². The molecule has 3 atom stereocenters. The zero-order valence-corrected chi connectivity index (χ0v) is 14.0. The fraction of sp³-hybridized carbons (Fsp3) is 0.667. The highest BCUT2D eigenvalue weighted by molar-refractivity contribution is 8.00. The highest BCUT2D eigenvalue weighted by atomic mass is 32.2. The van der Waals surface area contributed by atoms with Crippen LogP contribution in [-0.4, -0.2) is 11.8 Å². The van der Waals surface area contributed by atoms with Gasteiger partial charge >= 0.3 is 0 Å². The van der Waals surface area contributed by atoms with E-state index in [1.807, 2.05) is 0 Å². The fourth-order valence-electron chi connectivity index (χ4n) is 3.26. The zero-order valence-electron chi connectivity index (χ0n) is 13.2. The summed E-state index contributed by atoms with van der Waals surface area (Å²) in [6.45, 7) is 7.92. The molecule has 1 saturated carbocycles. The van der Waals surface area contributed by atoms with E-state index in [1.54, 1.807) is 0 Å². The maximum atomic E-state index is 3.62. The molecule has 2 heteroatoms. The highest BCUT2D eigenvalue weighted by Crippen LogP contribution is 2.39. The Morgan fingerprint density at radius 1 is 1.25 bits per heavy atom. The maximum Gasteiger partial charge on any atom is 0.0328 e. The highest BCUT2D eigenvalue weighted by Gasteiger charge is 2.21. The van der Waals surface area contributed by atoms with Gasteiger partial charge in [0.15, 0.2) is 0 Å². The first-order chi connectivity index (χ1) is 9.74. The summed E-state index contributed by atoms with van der Waals surface area (Å²) < 4.78 is 0. The minimum Gasteiger partial charge on any atom is -0.310 e. The molecule has 0 spiro atoms. The molecule has 0 bridgehead atoms. The Bertz CT molecular complexity index is 404. The van der Waals surface area contributed by atoms with Crippen molar-refractivity contribution in [1.29, 1.82) is 0 Å². The predicted octanol–water partition coefficient (Wildman–Crippen LogP) is 5.42. The summed E-state index contributed by atoms with van der Waals surface area (Å²) in [5.74, 6) is 0.907. The number of hydrogen-bond acceptors (Lipinski definition) is 2. The van der Waals surface area contributed by atoms with E-state index in [0.717, 1.165) is 24.1 Å². The van der Waals surface area contributed by atoms with Gasteiger partial charge in [0.2, 0.25) is 0 Å². The van der Waals surface area contributed by atoms with Gasteiger partial charge in [-0.25, -0.2) is 0 Å². The van der Waals surface area contributed by atoms with E-state index in [2.05, 4.69) is 62.1 Å². The molecule has 1 aromatic rings. The molecule has 0 aliphatic heterocycles. The minimum atomic E-state index is 0.504. The summed E-state index contributed by atoms with van der Waals surface area (Å²) >= 11 is 2.12. The van der Waals surface area contributed by atoms with Crippen LogP contribution in [0.4, 0.5) is 0 Å². The van der Waals surface area contributed by atoms with Crippen LogP contribution in [0.5, 0.6) is 0 Å². The van der Waals surface area contributed by atoms with Gasteiger partial charge in [-0.2, -0.15) is 0 Å². The second-order valence-corrected chi connectivity index (χ2v) is 7.41. The SMILES string of the molecule is CCNC(CC)c1ccccc1SC1CCCC(C)C1. The first kappa shape index (κ1) is 15.9. The topological polar surface area (TPSA) is 12.0 Å². The number of benzene rings is 1. The molecule has 1 fully saturated rings. The van der Waals surface area contributed by atoms with Gasteiger partial charge in [0.05, 0.1) is 0 Å². The summed E-state index contributed by atoms with van der Waals surface area (Å²) in [5, 5.41) is 4.44. The molecule has 112 valence electrons. The van der Waals surface area contributed by atoms with E-state index in [9.17, 15) is 0 Å². The molecule has 0 radical (unpaired) electrons. The number of hydrogen-bond donors (Lipinski definition) is 1. The maximum absolute atomic E-state index is 3.62. The lowest BCUT2D eigenvalue weighted by Crippen LogP contribution is -2.21. The monoisotopic (exact) mass is 291 g/mol. The van der Waals surface area contributed by atoms with Crippen molar-refractivity contribution < 1.29 is 0 Å². The van der Waals surface area contributed by atoms with E-state index in [0.29, 0.717) is 6.04 Å². The smallest absolute Gasteiger partial charge is 0.0328 e. The second-order valence-electron chi connectivity index (χ2n) is 6.07. The second kappa shape index (κ2) is 8.09. The van der Waals surface area contributed by atoms with Crippen LogP contribution in [-0.2, 0) is 0 Å². The van der Waals surface area contributed by atoms with Crippen LogP contribution in [0.2, 0.25) is 0 Å². The lowest BCUT2D eigenvalue weighted by atomic mass is 9.91. The largest absolute Gasteiger partial charge is 0.310 e. The van der Waals surface area contributed by atoms with Crippen molar-refractivity contribution in [3.05, 3.63) is 29.8 Å². The van der Waals surface area contributed by atoms with Gasteiger partial charge in [-0.3, -0.25) is 0 Å². The fourth-order valence-corrected chi connectivity index (χ4v) is 4.83. The standard InChI is InChI=1S/C18H29NS/c1-4-17(19-5-2)16-11-6-7-12-18(16)20-15-10-8-9-14(3)13-15/h6-7,11-12,14-15,17,19H,4-5,8-10,13H2,1-3H3. The van der Waals surface area contributed by atoms with Crippen molar-refractivity contribution in [3.8, 4) is 0 Å². The molecule has 1 nitrogen and oxygen atoms in total. The molecular formula is C18H29NS. The predicted molar refractivity (Wildman–Crippen MR) is 90.4 cm³/mol. The lowest BCUT2D eigenvalue weighted by Gasteiger charge is -2.28. The van der Waals surface area contributed by atoms with Crippen LogP contribution in [0.15, 0.2) is 29.2 Å². The molecule has 0 heterocycles. The van der Waals surface area contributed by atoms with Crippen molar-refractivity contribution >= 4 is 11.8 Å². The Balaban J connectivity index is 2.10. The lowest BCUT2D eigenvalue weighted by molar-refractivity contribution is 0.394. The summed E-state index contributed by atoms with van der Waals surface area (Å²) in [7, 11) is 0. The quantitative estimate of drug-likeness (QED) is 0.751.